The van der Waals surface area contributed by atoms with E-state index in [2.05, 4.69) is 42.8 Å². The highest BCUT2D eigenvalue weighted by Gasteiger charge is 1.93. The first kappa shape index (κ1) is 8.72. The SMILES string of the molecule is C=CN=C(C)c1ccc(C)cc1. The van der Waals surface area contributed by atoms with Gasteiger partial charge < -0.3 is 0 Å². The molecule has 1 nitrogen and oxygen atoms in total. The quantitative estimate of drug-likeness (QED) is 0.588. The molecule has 0 saturated heterocycles. The number of benzene rings is 1. The van der Waals surface area contributed by atoms with Gasteiger partial charge in [0.2, 0.25) is 0 Å². The molecule has 0 spiro atoms. The summed E-state index contributed by atoms with van der Waals surface area (Å²) in [5.74, 6) is 0. The lowest BCUT2D eigenvalue weighted by Crippen LogP contribution is -1.92. The van der Waals surface area contributed by atoms with Crippen LogP contribution in [0.3, 0.4) is 0 Å². The third-order valence-electron chi connectivity index (χ3n) is 1.75. The van der Waals surface area contributed by atoms with E-state index in [1.807, 2.05) is 6.92 Å². The Bertz CT molecular complexity index is 293. The molecule has 0 bridgehead atoms. The fourth-order valence-electron chi connectivity index (χ4n) is 1.01. The van der Waals surface area contributed by atoms with Crippen LogP contribution in [0.25, 0.3) is 0 Å². The maximum Gasteiger partial charge on any atom is 0.0444 e. The molecule has 0 heterocycles. The van der Waals surface area contributed by atoms with Crippen LogP contribution in [0.5, 0.6) is 0 Å². The molecule has 0 aliphatic rings. The highest BCUT2D eigenvalue weighted by molar-refractivity contribution is 5.99. The van der Waals surface area contributed by atoms with Gasteiger partial charge in [-0.2, -0.15) is 0 Å². The van der Waals surface area contributed by atoms with Gasteiger partial charge in [0.25, 0.3) is 0 Å². The summed E-state index contributed by atoms with van der Waals surface area (Å²) in [6, 6.07) is 8.30. The van der Waals surface area contributed by atoms with Crippen LogP contribution in [0.1, 0.15) is 18.1 Å². The van der Waals surface area contributed by atoms with Crippen molar-refractivity contribution in [3.05, 3.63) is 48.2 Å². The van der Waals surface area contributed by atoms with E-state index >= 15 is 0 Å². The van der Waals surface area contributed by atoms with Gasteiger partial charge in [0.1, 0.15) is 0 Å². The van der Waals surface area contributed by atoms with E-state index < -0.39 is 0 Å². The minimum atomic E-state index is 1.00. The van der Waals surface area contributed by atoms with Crippen LogP contribution in [0.15, 0.2) is 42.0 Å². The molecule has 12 heavy (non-hydrogen) atoms. The molecular weight excluding hydrogens is 146 g/mol. The molecular formula is C11H13N. The predicted molar refractivity (Wildman–Crippen MR) is 53.6 cm³/mol. The van der Waals surface area contributed by atoms with Gasteiger partial charge in [0.05, 0.1) is 0 Å². The summed E-state index contributed by atoms with van der Waals surface area (Å²) in [5.41, 5.74) is 3.43. The molecule has 1 aromatic carbocycles. The van der Waals surface area contributed by atoms with E-state index in [9.17, 15) is 0 Å². The lowest BCUT2D eigenvalue weighted by molar-refractivity contribution is 1.44. The lowest BCUT2D eigenvalue weighted by atomic mass is 10.1. The minimum absolute atomic E-state index is 1.00. The molecule has 0 amide bonds. The van der Waals surface area contributed by atoms with Crippen molar-refractivity contribution in [2.24, 2.45) is 4.99 Å². The average molecular weight is 159 g/mol. The van der Waals surface area contributed by atoms with E-state index in [1.54, 1.807) is 6.20 Å². The van der Waals surface area contributed by atoms with Crippen LogP contribution < -0.4 is 0 Å². The van der Waals surface area contributed by atoms with E-state index in [4.69, 9.17) is 0 Å². The van der Waals surface area contributed by atoms with Gasteiger partial charge in [-0.25, -0.2) is 0 Å². The van der Waals surface area contributed by atoms with Gasteiger partial charge >= 0.3 is 0 Å². The fourth-order valence-corrected chi connectivity index (χ4v) is 1.01. The lowest BCUT2D eigenvalue weighted by Gasteiger charge is -1.98. The van der Waals surface area contributed by atoms with Crippen molar-refractivity contribution >= 4 is 5.71 Å². The van der Waals surface area contributed by atoms with Crippen LogP contribution in [-0.4, -0.2) is 5.71 Å². The van der Waals surface area contributed by atoms with Crippen LogP contribution in [-0.2, 0) is 0 Å². The second-order valence-corrected chi connectivity index (χ2v) is 2.76. The van der Waals surface area contributed by atoms with E-state index in [-0.39, 0.29) is 0 Å². The van der Waals surface area contributed by atoms with Crippen LogP contribution >= 0.6 is 0 Å². The molecule has 1 heteroatoms. The first-order valence-corrected chi connectivity index (χ1v) is 3.96. The largest absolute Gasteiger partial charge is 0.262 e. The van der Waals surface area contributed by atoms with Crippen molar-refractivity contribution in [2.75, 3.05) is 0 Å². The number of nitrogens with zero attached hydrogens (tertiary/aromatic N) is 1. The van der Waals surface area contributed by atoms with Crippen molar-refractivity contribution in [2.45, 2.75) is 13.8 Å². The third-order valence-corrected chi connectivity index (χ3v) is 1.75. The number of aryl methyl sites for hydroxylation is 1. The van der Waals surface area contributed by atoms with E-state index in [0.717, 1.165) is 11.3 Å². The fraction of sp³-hybridized carbons (Fsp3) is 0.182. The van der Waals surface area contributed by atoms with Crippen LogP contribution in [0, 0.1) is 6.92 Å². The second-order valence-electron chi connectivity index (χ2n) is 2.76. The molecule has 1 rings (SSSR count). The highest BCUT2D eigenvalue weighted by atomic mass is 14.7. The van der Waals surface area contributed by atoms with E-state index in [1.165, 1.54) is 5.56 Å². The summed E-state index contributed by atoms with van der Waals surface area (Å²) in [5, 5.41) is 0. The first-order valence-electron chi connectivity index (χ1n) is 3.96. The molecule has 62 valence electrons. The van der Waals surface area contributed by atoms with E-state index in [0.29, 0.717) is 0 Å². The Morgan fingerprint density at radius 3 is 2.42 bits per heavy atom. The Kier molecular flexibility index (Phi) is 2.81. The van der Waals surface area contributed by atoms with Crippen molar-refractivity contribution in [3.8, 4) is 0 Å². The Morgan fingerprint density at radius 2 is 1.92 bits per heavy atom. The number of hydrogen-bond acceptors (Lipinski definition) is 1. The normalized spacial score (nSPS) is 11.3. The maximum atomic E-state index is 4.11. The Hall–Kier alpha value is -1.37. The zero-order chi connectivity index (χ0) is 8.97. The van der Waals surface area contributed by atoms with Crippen LogP contribution in [0.4, 0.5) is 0 Å². The summed E-state index contributed by atoms with van der Waals surface area (Å²) in [6.07, 6.45) is 1.56. The average Bonchev–Trinajstić information content (AvgIpc) is 2.06. The van der Waals surface area contributed by atoms with Gasteiger partial charge in [-0.1, -0.05) is 36.4 Å². The van der Waals surface area contributed by atoms with Crippen molar-refractivity contribution in [3.63, 3.8) is 0 Å². The molecule has 0 N–H and O–H groups in total. The standard InChI is InChI=1S/C11H13N/c1-4-12-10(3)11-7-5-9(2)6-8-11/h4-8H,1H2,2-3H3. The molecule has 0 aromatic heterocycles. The third kappa shape index (κ3) is 2.06. The molecule has 0 aliphatic heterocycles. The number of aliphatic imine (C=N–C) groups is 1. The highest BCUT2D eigenvalue weighted by Crippen LogP contribution is 2.04. The van der Waals surface area contributed by atoms with Crippen molar-refractivity contribution in [1.82, 2.24) is 0 Å². The zero-order valence-electron chi connectivity index (χ0n) is 7.54. The minimum Gasteiger partial charge on any atom is -0.262 e. The van der Waals surface area contributed by atoms with Crippen LogP contribution in [0.2, 0.25) is 0 Å². The predicted octanol–water partition coefficient (Wildman–Crippen LogP) is 2.95. The molecule has 0 fully saturated rings. The molecule has 0 saturated carbocycles. The topological polar surface area (TPSA) is 12.4 Å². The van der Waals surface area contributed by atoms with Crippen molar-refractivity contribution in [1.29, 1.82) is 0 Å². The monoisotopic (exact) mass is 159 g/mol. The first-order chi connectivity index (χ1) is 5.74. The summed E-state index contributed by atoms with van der Waals surface area (Å²) in [4.78, 5) is 4.11. The van der Waals surface area contributed by atoms with Gasteiger partial charge in [0.15, 0.2) is 0 Å². The van der Waals surface area contributed by atoms with Gasteiger partial charge in [0, 0.05) is 11.9 Å². The summed E-state index contributed by atoms with van der Waals surface area (Å²) >= 11 is 0. The molecule has 1 aromatic rings. The molecule has 0 radical (unpaired) electrons. The molecule has 0 atom stereocenters. The zero-order valence-corrected chi connectivity index (χ0v) is 7.54. The number of rotatable bonds is 2. The van der Waals surface area contributed by atoms with Gasteiger partial charge in [-0.05, 0) is 19.4 Å². The van der Waals surface area contributed by atoms with Gasteiger partial charge in [-0.3, -0.25) is 4.99 Å². The summed E-state index contributed by atoms with van der Waals surface area (Å²) in [6.45, 7) is 7.61. The Morgan fingerprint density at radius 1 is 1.33 bits per heavy atom. The Balaban J connectivity index is 2.97. The van der Waals surface area contributed by atoms with Gasteiger partial charge in [-0.15, -0.1) is 0 Å². The summed E-state index contributed by atoms with van der Waals surface area (Å²) < 4.78 is 0. The Labute approximate surface area is 73.5 Å². The smallest absolute Gasteiger partial charge is 0.0444 e. The summed E-state index contributed by atoms with van der Waals surface area (Å²) in [7, 11) is 0. The maximum absolute atomic E-state index is 4.11. The molecule has 0 unspecified atom stereocenters. The second kappa shape index (κ2) is 3.86. The van der Waals surface area contributed by atoms with Crippen molar-refractivity contribution < 1.29 is 0 Å². The number of hydrogen-bond donors (Lipinski definition) is 0. The molecule has 0 aliphatic carbocycles.